The van der Waals surface area contributed by atoms with Crippen molar-refractivity contribution in [2.75, 3.05) is 13.2 Å². The number of hydrogen-bond acceptors (Lipinski definition) is 5. The van der Waals surface area contributed by atoms with Crippen LogP contribution in [-0.2, 0) is 14.3 Å². The normalized spacial score (nSPS) is 9.61. The standard InChI is InChI=1S/C12H12O6/c1-2-17-10(13)7-18-12(16)9-6-4-3-5-8(9)11(14)15/h3-6H,2,7H2,1H3,(H,14,15). The first-order chi connectivity index (χ1) is 8.56. The van der Waals surface area contributed by atoms with Crippen molar-refractivity contribution in [1.29, 1.82) is 0 Å². The average molecular weight is 252 g/mol. The van der Waals surface area contributed by atoms with E-state index in [9.17, 15) is 14.4 Å². The van der Waals surface area contributed by atoms with Crippen molar-refractivity contribution >= 4 is 17.9 Å². The Bertz CT molecular complexity index is 465. The molecule has 0 amide bonds. The molecule has 6 nitrogen and oxygen atoms in total. The predicted molar refractivity (Wildman–Crippen MR) is 60.3 cm³/mol. The van der Waals surface area contributed by atoms with Crippen LogP contribution in [0.2, 0.25) is 0 Å². The summed E-state index contributed by atoms with van der Waals surface area (Å²) in [7, 11) is 0. The molecule has 0 unspecified atom stereocenters. The molecule has 0 aliphatic heterocycles. The van der Waals surface area contributed by atoms with Gasteiger partial charge in [0.05, 0.1) is 17.7 Å². The van der Waals surface area contributed by atoms with E-state index >= 15 is 0 Å². The lowest BCUT2D eigenvalue weighted by Gasteiger charge is -2.06. The quantitative estimate of drug-likeness (QED) is 0.789. The summed E-state index contributed by atoms with van der Waals surface area (Å²) in [6.45, 7) is 1.27. The van der Waals surface area contributed by atoms with Crippen LogP contribution in [0, 0.1) is 0 Å². The molecule has 0 aromatic heterocycles. The SMILES string of the molecule is CCOC(=O)COC(=O)c1ccccc1C(=O)O. The van der Waals surface area contributed by atoms with Gasteiger partial charge in [-0.3, -0.25) is 0 Å². The van der Waals surface area contributed by atoms with E-state index < -0.39 is 24.5 Å². The summed E-state index contributed by atoms with van der Waals surface area (Å²) in [5.41, 5.74) is -0.277. The van der Waals surface area contributed by atoms with E-state index in [0.29, 0.717) is 0 Å². The Morgan fingerprint density at radius 2 is 1.72 bits per heavy atom. The van der Waals surface area contributed by atoms with Crippen LogP contribution in [0.1, 0.15) is 27.6 Å². The Hall–Kier alpha value is -2.37. The number of rotatable bonds is 5. The second-order valence-corrected chi connectivity index (χ2v) is 3.23. The summed E-state index contributed by atoms with van der Waals surface area (Å²) in [5.74, 6) is -2.79. The van der Waals surface area contributed by atoms with Crippen LogP contribution in [0.4, 0.5) is 0 Å². The van der Waals surface area contributed by atoms with Gasteiger partial charge in [-0.05, 0) is 19.1 Å². The van der Waals surface area contributed by atoms with Crippen LogP contribution in [-0.4, -0.2) is 36.2 Å². The highest BCUT2D eigenvalue weighted by Crippen LogP contribution is 2.10. The zero-order chi connectivity index (χ0) is 13.5. The highest BCUT2D eigenvalue weighted by Gasteiger charge is 2.18. The van der Waals surface area contributed by atoms with Gasteiger partial charge >= 0.3 is 17.9 Å². The van der Waals surface area contributed by atoms with Gasteiger partial charge in [0.25, 0.3) is 0 Å². The number of carbonyl (C=O) groups excluding carboxylic acids is 2. The molecule has 0 aliphatic carbocycles. The van der Waals surface area contributed by atoms with Gasteiger partial charge in [0.1, 0.15) is 0 Å². The first-order valence-corrected chi connectivity index (χ1v) is 5.21. The zero-order valence-corrected chi connectivity index (χ0v) is 9.71. The maximum atomic E-state index is 11.6. The number of carboxylic acids is 1. The monoisotopic (exact) mass is 252 g/mol. The van der Waals surface area contributed by atoms with Crippen molar-refractivity contribution < 1.29 is 29.0 Å². The smallest absolute Gasteiger partial charge is 0.344 e. The number of aromatic carboxylic acids is 1. The van der Waals surface area contributed by atoms with E-state index in [-0.39, 0.29) is 17.7 Å². The Labute approximate surface area is 103 Å². The van der Waals surface area contributed by atoms with Gasteiger partial charge in [-0.1, -0.05) is 12.1 Å². The molecule has 0 bridgehead atoms. The van der Waals surface area contributed by atoms with Gasteiger partial charge in [0.2, 0.25) is 0 Å². The highest BCUT2D eigenvalue weighted by molar-refractivity contribution is 6.02. The minimum Gasteiger partial charge on any atom is -0.478 e. The lowest BCUT2D eigenvalue weighted by Crippen LogP contribution is -2.18. The molecule has 0 heterocycles. The molecule has 0 saturated heterocycles. The van der Waals surface area contributed by atoms with Crippen LogP contribution in [0.3, 0.4) is 0 Å². The Morgan fingerprint density at radius 1 is 1.11 bits per heavy atom. The lowest BCUT2D eigenvalue weighted by atomic mass is 10.1. The molecule has 1 aromatic carbocycles. The molecule has 0 saturated carbocycles. The van der Waals surface area contributed by atoms with Crippen molar-refractivity contribution in [3.63, 3.8) is 0 Å². The van der Waals surface area contributed by atoms with Crippen LogP contribution >= 0.6 is 0 Å². The molecule has 6 heteroatoms. The summed E-state index contributed by atoms with van der Waals surface area (Å²) in [6.07, 6.45) is 0. The number of hydrogen-bond donors (Lipinski definition) is 1. The van der Waals surface area contributed by atoms with E-state index in [1.54, 1.807) is 6.92 Å². The molecule has 0 fully saturated rings. The molecular weight excluding hydrogens is 240 g/mol. The molecular formula is C12H12O6. The van der Waals surface area contributed by atoms with E-state index in [0.717, 1.165) is 0 Å². The van der Waals surface area contributed by atoms with E-state index in [4.69, 9.17) is 5.11 Å². The van der Waals surface area contributed by atoms with Crippen LogP contribution < -0.4 is 0 Å². The summed E-state index contributed by atoms with van der Waals surface area (Å²) < 4.78 is 9.23. The number of carbonyl (C=O) groups is 3. The van der Waals surface area contributed by atoms with Crippen molar-refractivity contribution in [1.82, 2.24) is 0 Å². The third kappa shape index (κ3) is 3.58. The maximum Gasteiger partial charge on any atom is 0.344 e. The summed E-state index contributed by atoms with van der Waals surface area (Å²) in [6, 6.07) is 5.60. The van der Waals surface area contributed by atoms with Crippen molar-refractivity contribution in [2.24, 2.45) is 0 Å². The fourth-order valence-corrected chi connectivity index (χ4v) is 1.25. The van der Waals surface area contributed by atoms with Gasteiger partial charge in [-0.15, -0.1) is 0 Å². The summed E-state index contributed by atoms with van der Waals surface area (Å²) in [5, 5.41) is 8.88. The van der Waals surface area contributed by atoms with Crippen molar-refractivity contribution in [3.05, 3.63) is 35.4 Å². The number of ether oxygens (including phenoxy) is 2. The zero-order valence-electron chi connectivity index (χ0n) is 9.71. The fraction of sp³-hybridized carbons (Fsp3) is 0.250. The molecule has 0 aliphatic rings. The molecule has 96 valence electrons. The lowest BCUT2D eigenvalue weighted by molar-refractivity contribution is -0.146. The Balaban J connectivity index is 2.73. The van der Waals surface area contributed by atoms with Gasteiger partial charge in [0, 0.05) is 0 Å². The van der Waals surface area contributed by atoms with Crippen LogP contribution in [0.15, 0.2) is 24.3 Å². The molecule has 18 heavy (non-hydrogen) atoms. The number of benzene rings is 1. The molecule has 1 N–H and O–H groups in total. The van der Waals surface area contributed by atoms with Crippen LogP contribution in [0.25, 0.3) is 0 Å². The van der Waals surface area contributed by atoms with Gasteiger partial charge in [0.15, 0.2) is 6.61 Å². The second kappa shape index (κ2) is 6.39. The van der Waals surface area contributed by atoms with E-state index in [2.05, 4.69) is 9.47 Å². The van der Waals surface area contributed by atoms with Crippen molar-refractivity contribution in [2.45, 2.75) is 6.92 Å². The molecule has 0 spiro atoms. The predicted octanol–water partition coefficient (Wildman–Crippen LogP) is 1.10. The number of esters is 2. The maximum absolute atomic E-state index is 11.6. The minimum absolute atomic E-state index is 0.103. The average Bonchev–Trinajstić information content (AvgIpc) is 2.36. The molecule has 0 atom stereocenters. The molecule has 0 radical (unpaired) electrons. The van der Waals surface area contributed by atoms with Gasteiger partial charge in [-0.2, -0.15) is 0 Å². The topological polar surface area (TPSA) is 89.9 Å². The summed E-state index contributed by atoms with van der Waals surface area (Å²) >= 11 is 0. The minimum atomic E-state index is -1.24. The summed E-state index contributed by atoms with van der Waals surface area (Å²) in [4.78, 5) is 33.4. The molecule has 1 aromatic rings. The first-order valence-electron chi connectivity index (χ1n) is 5.21. The first kappa shape index (κ1) is 13.7. The fourth-order valence-electron chi connectivity index (χ4n) is 1.25. The highest BCUT2D eigenvalue weighted by atomic mass is 16.6. The Morgan fingerprint density at radius 3 is 2.28 bits per heavy atom. The third-order valence-corrected chi connectivity index (χ3v) is 2.00. The van der Waals surface area contributed by atoms with Crippen LogP contribution in [0.5, 0.6) is 0 Å². The second-order valence-electron chi connectivity index (χ2n) is 3.23. The number of carboxylic acid groups (broad SMARTS) is 1. The van der Waals surface area contributed by atoms with Gasteiger partial charge < -0.3 is 14.6 Å². The third-order valence-electron chi connectivity index (χ3n) is 2.00. The van der Waals surface area contributed by atoms with Gasteiger partial charge in [-0.25, -0.2) is 14.4 Å². The van der Waals surface area contributed by atoms with E-state index in [1.807, 2.05) is 0 Å². The Kier molecular flexibility index (Phi) is 4.86. The largest absolute Gasteiger partial charge is 0.478 e. The molecule has 1 rings (SSSR count). The van der Waals surface area contributed by atoms with Crippen molar-refractivity contribution in [3.8, 4) is 0 Å². The van der Waals surface area contributed by atoms with E-state index in [1.165, 1.54) is 24.3 Å².